The second-order valence-corrected chi connectivity index (χ2v) is 8.72. The second-order valence-electron chi connectivity index (χ2n) is 8.72. The van der Waals surface area contributed by atoms with Crippen LogP contribution in [0.3, 0.4) is 0 Å². The molecule has 0 unspecified atom stereocenters. The van der Waals surface area contributed by atoms with E-state index in [9.17, 15) is 4.79 Å². The van der Waals surface area contributed by atoms with E-state index in [-0.39, 0.29) is 5.91 Å². The molecular formula is C25H48N2O. The van der Waals surface area contributed by atoms with Crippen LogP contribution >= 0.6 is 0 Å². The molecule has 164 valence electrons. The second kappa shape index (κ2) is 19.5. The summed E-state index contributed by atoms with van der Waals surface area (Å²) in [5, 5.41) is 0. The maximum atomic E-state index is 11.9. The minimum absolute atomic E-state index is 0.258. The molecule has 0 radical (unpaired) electrons. The monoisotopic (exact) mass is 392 g/mol. The summed E-state index contributed by atoms with van der Waals surface area (Å²) < 4.78 is 0. The Bertz CT molecular complexity index is 381. The molecular weight excluding hydrogens is 344 g/mol. The van der Waals surface area contributed by atoms with Gasteiger partial charge < -0.3 is 4.90 Å². The van der Waals surface area contributed by atoms with Crippen molar-refractivity contribution < 1.29 is 4.79 Å². The zero-order valence-corrected chi connectivity index (χ0v) is 18.9. The molecule has 0 saturated heterocycles. The van der Waals surface area contributed by atoms with Crippen molar-refractivity contribution in [2.45, 2.75) is 135 Å². The number of hydrogen-bond donors (Lipinski definition) is 0. The highest BCUT2D eigenvalue weighted by molar-refractivity contribution is 5.88. The molecule has 1 aliphatic heterocycles. The number of unbranched alkanes of at least 4 members (excludes halogenated alkanes) is 18. The number of hydrogen-bond acceptors (Lipinski definition) is 2. The lowest BCUT2D eigenvalue weighted by molar-refractivity contribution is -0.126. The molecule has 1 rings (SSSR count). The fourth-order valence-corrected chi connectivity index (χ4v) is 4.07. The highest BCUT2D eigenvalue weighted by Gasteiger charge is 2.13. The molecule has 0 aromatic heterocycles. The van der Waals surface area contributed by atoms with Crippen LogP contribution in [-0.2, 0) is 4.79 Å². The first-order valence-corrected chi connectivity index (χ1v) is 12.6. The van der Waals surface area contributed by atoms with E-state index >= 15 is 0 Å². The van der Waals surface area contributed by atoms with E-state index in [0.717, 1.165) is 19.5 Å². The van der Waals surface area contributed by atoms with Crippen molar-refractivity contribution in [3.63, 3.8) is 0 Å². The summed E-state index contributed by atoms with van der Waals surface area (Å²) in [5.41, 5.74) is 0. The molecule has 3 nitrogen and oxygen atoms in total. The fraction of sp³-hybridized carbons (Fsp3) is 0.920. The molecule has 0 aromatic rings. The average molecular weight is 393 g/mol. The van der Waals surface area contributed by atoms with Gasteiger partial charge in [-0.2, -0.15) is 0 Å². The topological polar surface area (TPSA) is 32.7 Å². The van der Waals surface area contributed by atoms with Gasteiger partial charge in [0.2, 0.25) is 5.91 Å². The molecule has 0 N–H and O–H groups in total. The molecule has 0 saturated carbocycles. The third kappa shape index (κ3) is 15.1. The van der Waals surface area contributed by atoms with Gasteiger partial charge in [0.15, 0.2) is 0 Å². The average Bonchev–Trinajstić information content (AvgIpc) is 3.24. The number of amides is 1. The van der Waals surface area contributed by atoms with Crippen molar-refractivity contribution in [2.24, 2.45) is 4.99 Å². The first-order chi connectivity index (χ1) is 13.8. The largest absolute Gasteiger partial charge is 0.301 e. The Hall–Kier alpha value is -0.860. The molecule has 1 heterocycles. The summed E-state index contributed by atoms with van der Waals surface area (Å²) in [6.45, 7) is 3.86. The summed E-state index contributed by atoms with van der Waals surface area (Å²) in [5.74, 6) is 0.258. The van der Waals surface area contributed by atoms with Crippen molar-refractivity contribution >= 4 is 12.2 Å². The van der Waals surface area contributed by atoms with Gasteiger partial charge in [-0.3, -0.25) is 9.79 Å². The number of aliphatic imine (C=N–C) groups is 1. The molecule has 3 heteroatoms. The molecule has 0 fully saturated rings. The van der Waals surface area contributed by atoms with Gasteiger partial charge in [-0.1, -0.05) is 122 Å². The quantitative estimate of drug-likeness (QED) is 0.195. The molecule has 0 bridgehead atoms. The summed E-state index contributed by atoms with van der Waals surface area (Å²) >= 11 is 0. The standard InChI is InChI=1S/C25H48N2O/c1-2-3-4-5-6-7-8-9-10-11-12-13-14-15-16-17-18-19-20-21-25(28)27-23-22-26-24-27/h24H,2-23H2,1H3. The lowest BCUT2D eigenvalue weighted by atomic mass is 10.0. The van der Waals surface area contributed by atoms with Crippen LogP contribution in [0.15, 0.2) is 4.99 Å². The third-order valence-electron chi connectivity index (χ3n) is 6.01. The molecule has 0 atom stereocenters. The Balaban J connectivity index is 1.68. The first-order valence-electron chi connectivity index (χ1n) is 12.6. The van der Waals surface area contributed by atoms with Crippen LogP contribution in [0.4, 0.5) is 0 Å². The van der Waals surface area contributed by atoms with Gasteiger partial charge >= 0.3 is 0 Å². The van der Waals surface area contributed by atoms with E-state index in [0.29, 0.717) is 6.42 Å². The highest BCUT2D eigenvalue weighted by Crippen LogP contribution is 2.15. The van der Waals surface area contributed by atoms with Gasteiger partial charge in [0, 0.05) is 13.0 Å². The van der Waals surface area contributed by atoms with Gasteiger partial charge in [-0.15, -0.1) is 0 Å². The van der Waals surface area contributed by atoms with E-state index in [1.807, 2.05) is 0 Å². The van der Waals surface area contributed by atoms with Crippen molar-refractivity contribution in [3.8, 4) is 0 Å². The first kappa shape index (κ1) is 25.2. The molecule has 0 aliphatic carbocycles. The zero-order chi connectivity index (χ0) is 20.1. The Morgan fingerprint density at radius 3 is 1.43 bits per heavy atom. The van der Waals surface area contributed by atoms with Crippen LogP contribution in [0, 0.1) is 0 Å². The van der Waals surface area contributed by atoms with Crippen LogP contribution in [0.5, 0.6) is 0 Å². The molecule has 0 aromatic carbocycles. The predicted octanol–water partition coefficient (Wildman–Crippen LogP) is 7.68. The van der Waals surface area contributed by atoms with Gasteiger partial charge in [0.1, 0.15) is 0 Å². The van der Waals surface area contributed by atoms with Gasteiger partial charge in [0.05, 0.1) is 12.9 Å². The third-order valence-corrected chi connectivity index (χ3v) is 6.01. The maximum absolute atomic E-state index is 11.9. The van der Waals surface area contributed by atoms with Crippen LogP contribution in [0.1, 0.15) is 135 Å². The van der Waals surface area contributed by atoms with Crippen molar-refractivity contribution in [2.75, 3.05) is 13.1 Å². The number of carbonyl (C=O) groups is 1. The van der Waals surface area contributed by atoms with E-state index in [1.165, 1.54) is 116 Å². The Kier molecular flexibility index (Phi) is 17.5. The summed E-state index contributed by atoms with van der Waals surface area (Å²) in [6.07, 6.45) is 28.8. The lowest BCUT2D eigenvalue weighted by Crippen LogP contribution is -2.27. The smallest absolute Gasteiger partial charge is 0.227 e. The normalized spacial score (nSPS) is 13.5. The summed E-state index contributed by atoms with van der Waals surface area (Å²) in [6, 6.07) is 0. The van der Waals surface area contributed by atoms with Crippen molar-refractivity contribution in [1.82, 2.24) is 4.90 Å². The van der Waals surface area contributed by atoms with E-state index < -0.39 is 0 Å². The van der Waals surface area contributed by atoms with E-state index in [4.69, 9.17) is 0 Å². The maximum Gasteiger partial charge on any atom is 0.227 e. The van der Waals surface area contributed by atoms with Gasteiger partial charge in [-0.05, 0) is 6.42 Å². The Labute approximate surface area is 175 Å². The SMILES string of the molecule is CCCCCCCCCCCCCCCCCCCCCC(=O)N1C=NCC1. The highest BCUT2D eigenvalue weighted by atomic mass is 16.2. The van der Waals surface area contributed by atoms with E-state index in [1.54, 1.807) is 11.2 Å². The fourth-order valence-electron chi connectivity index (χ4n) is 4.07. The van der Waals surface area contributed by atoms with Gasteiger partial charge in [0.25, 0.3) is 0 Å². The van der Waals surface area contributed by atoms with Crippen LogP contribution in [-0.4, -0.2) is 30.2 Å². The van der Waals surface area contributed by atoms with Crippen LogP contribution in [0.25, 0.3) is 0 Å². The Morgan fingerprint density at radius 2 is 1.07 bits per heavy atom. The van der Waals surface area contributed by atoms with Crippen LogP contribution in [0.2, 0.25) is 0 Å². The lowest BCUT2D eigenvalue weighted by Gasteiger charge is -2.11. The molecule has 28 heavy (non-hydrogen) atoms. The number of nitrogens with zero attached hydrogens (tertiary/aromatic N) is 2. The minimum atomic E-state index is 0.258. The van der Waals surface area contributed by atoms with Crippen molar-refractivity contribution in [1.29, 1.82) is 0 Å². The number of rotatable bonds is 20. The van der Waals surface area contributed by atoms with E-state index in [2.05, 4.69) is 11.9 Å². The zero-order valence-electron chi connectivity index (χ0n) is 18.9. The molecule has 1 aliphatic rings. The van der Waals surface area contributed by atoms with Crippen LogP contribution < -0.4 is 0 Å². The molecule has 1 amide bonds. The Morgan fingerprint density at radius 1 is 0.679 bits per heavy atom. The minimum Gasteiger partial charge on any atom is -0.301 e. The summed E-state index contributed by atoms with van der Waals surface area (Å²) in [7, 11) is 0. The predicted molar refractivity (Wildman–Crippen MR) is 123 cm³/mol. The van der Waals surface area contributed by atoms with Crippen molar-refractivity contribution in [3.05, 3.63) is 0 Å². The molecule has 0 spiro atoms. The summed E-state index contributed by atoms with van der Waals surface area (Å²) in [4.78, 5) is 17.7. The number of carbonyl (C=O) groups excluding carboxylic acids is 1. The van der Waals surface area contributed by atoms with Gasteiger partial charge in [-0.25, -0.2) is 0 Å².